The van der Waals surface area contributed by atoms with E-state index in [1.54, 1.807) is 42.7 Å². The van der Waals surface area contributed by atoms with E-state index in [0.717, 1.165) is 16.7 Å². The number of hydrogen-bond acceptors (Lipinski definition) is 8. The maximum atomic E-state index is 13.8. The van der Waals surface area contributed by atoms with Crippen LogP contribution in [0.3, 0.4) is 0 Å². The fourth-order valence-corrected chi connectivity index (χ4v) is 6.21. The molecule has 42 heavy (non-hydrogen) atoms. The molecule has 3 aromatic carbocycles. The summed E-state index contributed by atoms with van der Waals surface area (Å²) in [5.74, 6) is 0.0532. The van der Waals surface area contributed by atoms with Gasteiger partial charge in [0.25, 0.3) is 11.2 Å². The van der Waals surface area contributed by atoms with Gasteiger partial charge in [-0.2, -0.15) is 0 Å². The summed E-state index contributed by atoms with van der Waals surface area (Å²) in [7, 11) is 0. The van der Waals surface area contributed by atoms with Crippen LogP contribution in [0.2, 0.25) is 0 Å². The Balaban J connectivity index is 1.49. The lowest BCUT2D eigenvalue weighted by atomic mass is 9.95. The van der Waals surface area contributed by atoms with Crippen LogP contribution in [-0.2, 0) is 16.1 Å². The van der Waals surface area contributed by atoms with E-state index >= 15 is 0 Å². The van der Waals surface area contributed by atoms with E-state index in [2.05, 4.69) is 20.9 Å². The Morgan fingerprint density at radius 1 is 1.14 bits per heavy atom. The smallest absolute Gasteiger partial charge is 0.338 e. The Morgan fingerprint density at radius 2 is 1.90 bits per heavy atom. The van der Waals surface area contributed by atoms with Crippen LogP contribution < -0.4 is 19.6 Å². The van der Waals surface area contributed by atoms with E-state index in [-0.39, 0.29) is 24.5 Å². The standard InChI is InChI=1S/C31H26BrN3O6S/c1-4-40-30(37)27-19(3)33-31-34(28(27)22-11-8-18(2)9-12-22)29(36)26(42-31)16-20-10-13-25(24(32)15-20)41-17-21-6-5-7-23(14-21)35(38)39/h5-16,28H,4,17H2,1-3H3/b26-16+/t28-/m1/s1. The molecule has 0 aliphatic carbocycles. The van der Waals surface area contributed by atoms with Gasteiger partial charge < -0.3 is 9.47 Å². The van der Waals surface area contributed by atoms with Crippen molar-refractivity contribution in [1.82, 2.24) is 4.57 Å². The molecule has 0 N–H and O–H groups in total. The van der Waals surface area contributed by atoms with Crippen molar-refractivity contribution in [2.75, 3.05) is 6.61 Å². The number of halogens is 1. The van der Waals surface area contributed by atoms with Crippen LogP contribution in [0.4, 0.5) is 5.69 Å². The highest BCUT2D eigenvalue weighted by molar-refractivity contribution is 9.10. The fraction of sp³-hybridized carbons (Fsp3) is 0.194. The summed E-state index contributed by atoms with van der Waals surface area (Å²) >= 11 is 4.78. The van der Waals surface area contributed by atoms with Crippen LogP contribution in [0.1, 0.15) is 42.1 Å². The van der Waals surface area contributed by atoms with Crippen molar-refractivity contribution in [3.63, 3.8) is 0 Å². The lowest BCUT2D eigenvalue weighted by Crippen LogP contribution is -2.39. The van der Waals surface area contributed by atoms with Gasteiger partial charge in [0, 0.05) is 12.1 Å². The molecule has 0 unspecified atom stereocenters. The number of aromatic nitrogens is 1. The number of aryl methyl sites for hydroxylation is 1. The molecular formula is C31H26BrN3O6S. The van der Waals surface area contributed by atoms with Gasteiger partial charge in [0.2, 0.25) is 0 Å². The number of carbonyl (C=O) groups excluding carboxylic acids is 1. The molecule has 1 aliphatic rings. The van der Waals surface area contributed by atoms with Gasteiger partial charge in [-0.3, -0.25) is 19.5 Å². The number of nitrogens with zero attached hydrogens (tertiary/aromatic N) is 3. The van der Waals surface area contributed by atoms with Crippen molar-refractivity contribution >= 4 is 45.0 Å². The Kier molecular flexibility index (Phi) is 8.51. The van der Waals surface area contributed by atoms with Crippen LogP contribution in [0.15, 0.2) is 92.3 Å². The summed E-state index contributed by atoms with van der Waals surface area (Å²) in [6, 6.07) is 18.7. The van der Waals surface area contributed by atoms with Gasteiger partial charge in [-0.1, -0.05) is 59.4 Å². The van der Waals surface area contributed by atoms with Crippen molar-refractivity contribution in [3.8, 4) is 5.75 Å². The number of non-ortho nitro benzene ring substituents is 1. The number of hydrogen-bond donors (Lipinski definition) is 0. The number of benzene rings is 3. The summed E-state index contributed by atoms with van der Waals surface area (Å²) in [5.41, 5.74) is 3.87. The number of ether oxygens (including phenoxy) is 2. The lowest BCUT2D eigenvalue weighted by Gasteiger charge is -2.24. The third-order valence-corrected chi connectivity index (χ3v) is 8.28. The second kappa shape index (κ2) is 12.3. The van der Waals surface area contributed by atoms with E-state index in [0.29, 0.717) is 36.4 Å². The predicted octanol–water partition coefficient (Wildman–Crippen LogP) is 5.36. The number of nitro groups is 1. The van der Waals surface area contributed by atoms with Gasteiger partial charge in [0.15, 0.2) is 4.80 Å². The van der Waals surface area contributed by atoms with Gasteiger partial charge in [-0.25, -0.2) is 9.79 Å². The van der Waals surface area contributed by atoms with Gasteiger partial charge >= 0.3 is 5.97 Å². The Hall–Kier alpha value is -4.35. The Labute approximate surface area is 253 Å². The highest BCUT2D eigenvalue weighted by Crippen LogP contribution is 2.31. The second-order valence-electron chi connectivity index (χ2n) is 9.62. The number of allylic oxidation sites excluding steroid dienone is 1. The molecule has 1 aromatic heterocycles. The minimum atomic E-state index is -0.667. The van der Waals surface area contributed by atoms with Gasteiger partial charge in [0.05, 0.1) is 37.8 Å². The Morgan fingerprint density at radius 3 is 2.60 bits per heavy atom. The summed E-state index contributed by atoms with van der Waals surface area (Å²) in [4.78, 5) is 42.6. The molecule has 214 valence electrons. The number of esters is 1. The molecule has 1 aliphatic heterocycles. The van der Waals surface area contributed by atoms with E-state index in [1.807, 2.05) is 43.3 Å². The number of thiazole rings is 1. The van der Waals surface area contributed by atoms with Gasteiger partial charge in [-0.15, -0.1) is 0 Å². The molecule has 0 spiro atoms. The lowest BCUT2D eigenvalue weighted by molar-refractivity contribution is -0.384. The molecule has 0 amide bonds. The summed E-state index contributed by atoms with van der Waals surface area (Å²) in [6.07, 6.45) is 1.77. The molecule has 2 heterocycles. The molecule has 0 bridgehead atoms. The van der Waals surface area contributed by atoms with Crippen molar-refractivity contribution < 1.29 is 19.2 Å². The first kappa shape index (κ1) is 29.2. The molecule has 4 aromatic rings. The first-order valence-electron chi connectivity index (χ1n) is 13.1. The number of fused-ring (bicyclic) bond motifs is 1. The van der Waals surface area contributed by atoms with E-state index in [1.165, 1.54) is 23.5 Å². The molecule has 9 nitrogen and oxygen atoms in total. The van der Waals surface area contributed by atoms with Crippen molar-refractivity contribution in [1.29, 1.82) is 0 Å². The minimum Gasteiger partial charge on any atom is -0.488 e. The molecular weight excluding hydrogens is 622 g/mol. The molecule has 5 rings (SSSR count). The van der Waals surface area contributed by atoms with Crippen LogP contribution in [0.5, 0.6) is 5.75 Å². The summed E-state index contributed by atoms with van der Waals surface area (Å²) < 4.78 is 13.9. The van der Waals surface area contributed by atoms with Crippen molar-refractivity contribution in [2.45, 2.75) is 33.4 Å². The van der Waals surface area contributed by atoms with Crippen LogP contribution in [0.25, 0.3) is 6.08 Å². The topological polar surface area (TPSA) is 113 Å². The third-order valence-electron chi connectivity index (χ3n) is 6.68. The quantitative estimate of drug-likeness (QED) is 0.145. The van der Waals surface area contributed by atoms with Crippen molar-refractivity contribution in [2.24, 2.45) is 4.99 Å². The zero-order chi connectivity index (χ0) is 30.0. The second-order valence-corrected chi connectivity index (χ2v) is 11.5. The third kappa shape index (κ3) is 5.97. The summed E-state index contributed by atoms with van der Waals surface area (Å²) in [6.45, 7) is 5.84. The number of nitro benzene ring substituents is 1. The normalized spacial score (nSPS) is 14.8. The van der Waals surface area contributed by atoms with Gasteiger partial charge in [0.1, 0.15) is 12.4 Å². The zero-order valence-electron chi connectivity index (χ0n) is 23.0. The Bertz CT molecular complexity index is 1910. The molecule has 0 fully saturated rings. The molecule has 1 atom stereocenters. The molecule has 0 saturated carbocycles. The van der Waals surface area contributed by atoms with Crippen molar-refractivity contribution in [3.05, 3.63) is 135 Å². The molecule has 0 radical (unpaired) electrons. The van der Waals surface area contributed by atoms with Crippen LogP contribution in [-0.4, -0.2) is 22.1 Å². The first-order chi connectivity index (χ1) is 20.2. The highest BCUT2D eigenvalue weighted by atomic mass is 79.9. The maximum absolute atomic E-state index is 13.8. The van der Waals surface area contributed by atoms with Crippen LogP contribution >= 0.6 is 27.3 Å². The average molecular weight is 649 g/mol. The zero-order valence-corrected chi connectivity index (χ0v) is 25.4. The van der Waals surface area contributed by atoms with Gasteiger partial charge in [-0.05, 0) is 71.6 Å². The monoisotopic (exact) mass is 647 g/mol. The first-order valence-corrected chi connectivity index (χ1v) is 14.7. The largest absolute Gasteiger partial charge is 0.488 e. The van der Waals surface area contributed by atoms with E-state index < -0.39 is 16.9 Å². The minimum absolute atomic E-state index is 0.00108. The maximum Gasteiger partial charge on any atom is 0.338 e. The van der Waals surface area contributed by atoms with E-state index in [9.17, 15) is 19.7 Å². The molecule has 11 heteroatoms. The highest BCUT2D eigenvalue weighted by Gasteiger charge is 2.33. The summed E-state index contributed by atoms with van der Waals surface area (Å²) in [5, 5.41) is 11.1. The van der Waals surface area contributed by atoms with E-state index in [4.69, 9.17) is 9.47 Å². The average Bonchev–Trinajstić information content (AvgIpc) is 3.26. The van der Waals surface area contributed by atoms with Crippen LogP contribution in [0, 0.1) is 17.0 Å². The fourth-order valence-electron chi connectivity index (χ4n) is 4.65. The number of rotatable bonds is 8. The molecule has 0 saturated heterocycles. The number of carbonyl (C=O) groups is 1. The predicted molar refractivity (Wildman–Crippen MR) is 163 cm³/mol. The SMILES string of the molecule is CCOC(=O)C1=C(C)N=c2s/c(=C/c3ccc(OCc4cccc([N+](=O)[O-])c4)c(Br)c3)c(=O)n2[C@@H]1c1ccc(C)cc1.